The molecule has 4 heteroatoms. The van der Waals surface area contributed by atoms with Crippen molar-refractivity contribution in [1.82, 2.24) is 4.57 Å². The number of hydrogen-bond donors (Lipinski definition) is 1. The molecule has 0 atom stereocenters. The number of ether oxygens (including phenoxy) is 1. The van der Waals surface area contributed by atoms with Gasteiger partial charge in [-0.3, -0.25) is 4.79 Å². The molecule has 1 aromatic heterocycles. The van der Waals surface area contributed by atoms with Crippen molar-refractivity contribution < 1.29 is 9.53 Å². The predicted molar refractivity (Wildman–Crippen MR) is 95.8 cm³/mol. The number of nitrogens with zero attached hydrogens (tertiary/aromatic N) is 1. The van der Waals surface area contributed by atoms with Crippen LogP contribution < -0.4 is 10.1 Å². The van der Waals surface area contributed by atoms with Gasteiger partial charge in [-0.25, -0.2) is 0 Å². The van der Waals surface area contributed by atoms with Crippen LogP contribution in [0.4, 0.5) is 5.69 Å². The molecule has 24 heavy (non-hydrogen) atoms. The van der Waals surface area contributed by atoms with Crippen molar-refractivity contribution >= 4 is 11.6 Å². The third kappa shape index (κ3) is 3.66. The van der Waals surface area contributed by atoms with E-state index in [0.29, 0.717) is 5.75 Å². The van der Waals surface area contributed by atoms with Crippen molar-refractivity contribution in [2.45, 2.75) is 13.8 Å². The van der Waals surface area contributed by atoms with E-state index in [1.807, 2.05) is 54.6 Å². The summed E-state index contributed by atoms with van der Waals surface area (Å²) in [5.41, 5.74) is 4.21. The van der Waals surface area contributed by atoms with Crippen molar-refractivity contribution in [3.05, 3.63) is 78.1 Å². The third-order valence-electron chi connectivity index (χ3n) is 3.79. The highest BCUT2D eigenvalue weighted by Gasteiger charge is 2.06. The fourth-order valence-corrected chi connectivity index (χ4v) is 2.63. The zero-order chi connectivity index (χ0) is 16.9. The molecule has 0 bridgehead atoms. The number of rotatable bonds is 5. The normalized spacial score (nSPS) is 10.4. The van der Waals surface area contributed by atoms with Gasteiger partial charge in [0.25, 0.3) is 5.91 Å². The summed E-state index contributed by atoms with van der Waals surface area (Å²) in [5.74, 6) is 0.492. The van der Waals surface area contributed by atoms with E-state index in [1.54, 1.807) is 0 Å². The van der Waals surface area contributed by atoms with Gasteiger partial charge in [0.2, 0.25) is 0 Å². The summed E-state index contributed by atoms with van der Waals surface area (Å²) in [4.78, 5) is 11.9. The number of anilines is 1. The van der Waals surface area contributed by atoms with E-state index in [4.69, 9.17) is 4.74 Å². The highest BCUT2D eigenvalue weighted by atomic mass is 16.5. The Hall–Kier alpha value is -3.01. The minimum Gasteiger partial charge on any atom is -0.484 e. The number of carbonyl (C=O) groups is 1. The summed E-state index contributed by atoms with van der Waals surface area (Å²) in [7, 11) is 0. The Morgan fingerprint density at radius 2 is 1.54 bits per heavy atom. The lowest BCUT2D eigenvalue weighted by atomic mass is 10.3. The quantitative estimate of drug-likeness (QED) is 0.769. The Morgan fingerprint density at radius 1 is 0.917 bits per heavy atom. The minimum absolute atomic E-state index is 0.0180. The molecule has 0 saturated carbocycles. The molecule has 3 rings (SSSR count). The average Bonchev–Trinajstić information content (AvgIpc) is 2.93. The van der Waals surface area contributed by atoms with E-state index in [9.17, 15) is 4.79 Å². The van der Waals surface area contributed by atoms with Crippen LogP contribution in [0, 0.1) is 13.8 Å². The van der Waals surface area contributed by atoms with Gasteiger partial charge < -0.3 is 14.6 Å². The summed E-state index contributed by atoms with van der Waals surface area (Å²) in [5, 5.41) is 2.79. The molecule has 0 spiro atoms. The summed E-state index contributed by atoms with van der Waals surface area (Å²) in [6.45, 7) is 4.13. The van der Waals surface area contributed by atoms with Gasteiger partial charge in [0, 0.05) is 22.8 Å². The van der Waals surface area contributed by atoms with Crippen LogP contribution in [0.3, 0.4) is 0 Å². The smallest absolute Gasteiger partial charge is 0.262 e. The second kappa shape index (κ2) is 7.04. The standard InChI is InChI=1S/C20H20N2O2/c1-15-8-9-16(2)22(15)18-10-12-19(13-11-18)24-14-20(23)21-17-6-4-3-5-7-17/h3-13H,14H2,1-2H3,(H,21,23). The molecule has 2 aromatic carbocycles. The first-order valence-electron chi connectivity index (χ1n) is 7.86. The molecular formula is C20H20N2O2. The number of hydrogen-bond acceptors (Lipinski definition) is 2. The van der Waals surface area contributed by atoms with Crippen LogP contribution in [0.5, 0.6) is 5.75 Å². The summed E-state index contributed by atoms with van der Waals surface area (Å²) >= 11 is 0. The van der Waals surface area contributed by atoms with E-state index < -0.39 is 0 Å². The Balaban J connectivity index is 1.60. The van der Waals surface area contributed by atoms with E-state index in [0.717, 1.165) is 11.4 Å². The number of para-hydroxylation sites is 1. The maximum atomic E-state index is 11.9. The Kier molecular flexibility index (Phi) is 4.66. The molecule has 0 fully saturated rings. The van der Waals surface area contributed by atoms with E-state index in [-0.39, 0.29) is 12.5 Å². The van der Waals surface area contributed by atoms with Gasteiger partial charge >= 0.3 is 0 Å². The number of amides is 1. The molecule has 0 aliphatic heterocycles. The third-order valence-corrected chi connectivity index (χ3v) is 3.79. The van der Waals surface area contributed by atoms with Gasteiger partial charge in [0.1, 0.15) is 5.75 Å². The fourth-order valence-electron chi connectivity index (χ4n) is 2.63. The number of carbonyl (C=O) groups excluding carboxylic acids is 1. The predicted octanol–water partition coefficient (Wildman–Crippen LogP) is 4.11. The number of nitrogens with one attached hydrogen (secondary N) is 1. The monoisotopic (exact) mass is 320 g/mol. The zero-order valence-corrected chi connectivity index (χ0v) is 13.8. The zero-order valence-electron chi connectivity index (χ0n) is 13.8. The highest BCUT2D eigenvalue weighted by Crippen LogP contribution is 2.19. The van der Waals surface area contributed by atoms with E-state index >= 15 is 0 Å². The van der Waals surface area contributed by atoms with Crippen molar-refractivity contribution in [2.75, 3.05) is 11.9 Å². The molecule has 3 aromatic rings. The van der Waals surface area contributed by atoms with E-state index in [1.165, 1.54) is 11.4 Å². The number of benzene rings is 2. The summed E-state index contributed by atoms with van der Waals surface area (Å²) in [6, 6.07) is 21.3. The van der Waals surface area contributed by atoms with Crippen LogP contribution in [0.15, 0.2) is 66.7 Å². The average molecular weight is 320 g/mol. The first-order valence-corrected chi connectivity index (χ1v) is 7.86. The topological polar surface area (TPSA) is 43.3 Å². The van der Waals surface area contributed by atoms with Crippen LogP contribution in [0.2, 0.25) is 0 Å². The molecule has 122 valence electrons. The van der Waals surface area contributed by atoms with Gasteiger partial charge in [0.05, 0.1) is 0 Å². The van der Waals surface area contributed by atoms with Crippen LogP contribution >= 0.6 is 0 Å². The van der Waals surface area contributed by atoms with Crippen LogP contribution in [-0.2, 0) is 4.79 Å². The van der Waals surface area contributed by atoms with Gasteiger partial charge in [-0.1, -0.05) is 18.2 Å². The lowest BCUT2D eigenvalue weighted by Gasteiger charge is -2.11. The largest absolute Gasteiger partial charge is 0.484 e. The Morgan fingerprint density at radius 3 is 2.17 bits per heavy atom. The molecule has 4 nitrogen and oxygen atoms in total. The highest BCUT2D eigenvalue weighted by molar-refractivity contribution is 5.91. The minimum atomic E-state index is -0.178. The second-order valence-corrected chi connectivity index (χ2v) is 5.65. The molecule has 0 aliphatic carbocycles. The number of aryl methyl sites for hydroxylation is 2. The van der Waals surface area contributed by atoms with Crippen LogP contribution in [0.25, 0.3) is 5.69 Å². The van der Waals surface area contributed by atoms with E-state index in [2.05, 4.69) is 35.9 Å². The van der Waals surface area contributed by atoms with Crippen LogP contribution in [-0.4, -0.2) is 17.1 Å². The molecule has 1 amide bonds. The first-order chi connectivity index (χ1) is 11.6. The summed E-state index contributed by atoms with van der Waals surface area (Å²) < 4.78 is 7.72. The van der Waals surface area contributed by atoms with Crippen molar-refractivity contribution in [2.24, 2.45) is 0 Å². The molecule has 0 radical (unpaired) electrons. The van der Waals surface area contributed by atoms with Crippen molar-refractivity contribution in [3.8, 4) is 11.4 Å². The van der Waals surface area contributed by atoms with Crippen molar-refractivity contribution in [3.63, 3.8) is 0 Å². The van der Waals surface area contributed by atoms with Crippen LogP contribution in [0.1, 0.15) is 11.4 Å². The molecule has 1 N–H and O–H groups in total. The molecule has 0 aliphatic rings. The first kappa shape index (κ1) is 15.9. The van der Waals surface area contributed by atoms with Gasteiger partial charge in [-0.2, -0.15) is 0 Å². The SMILES string of the molecule is Cc1ccc(C)n1-c1ccc(OCC(=O)Nc2ccccc2)cc1. The lowest BCUT2D eigenvalue weighted by molar-refractivity contribution is -0.118. The molecule has 0 saturated heterocycles. The molecule has 0 unspecified atom stereocenters. The lowest BCUT2D eigenvalue weighted by Crippen LogP contribution is -2.20. The fraction of sp³-hybridized carbons (Fsp3) is 0.150. The number of aromatic nitrogens is 1. The van der Waals surface area contributed by atoms with Crippen molar-refractivity contribution in [1.29, 1.82) is 0 Å². The van der Waals surface area contributed by atoms with Gasteiger partial charge in [-0.15, -0.1) is 0 Å². The van der Waals surface area contributed by atoms with Gasteiger partial charge in [0.15, 0.2) is 6.61 Å². The molecular weight excluding hydrogens is 300 g/mol. The maximum Gasteiger partial charge on any atom is 0.262 e. The Labute approximate surface area is 141 Å². The summed E-state index contributed by atoms with van der Waals surface area (Å²) in [6.07, 6.45) is 0. The Bertz CT molecular complexity index is 801. The maximum absolute atomic E-state index is 11.9. The molecule has 1 heterocycles. The second-order valence-electron chi connectivity index (χ2n) is 5.65. The van der Waals surface area contributed by atoms with Gasteiger partial charge in [-0.05, 0) is 62.4 Å².